The topological polar surface area (TPSA) is 47.9 Å². The van der Waals surface area contributed by atoms with E-state index in [0.29, 0.717) is 25.2 Å². The summed E-state index contributed by atoms with van der Waals surface area (Å²) in [6.45, 7) is 0.884. The Labute approximate surface area is 169 Å². The van der Waals surface area contributed by atoms with Gasteiger partial charge in [-0.2, -0.15) is 13.2 Å². The Bertz CT molecular complexity index is 796. The molecule has 0 spiro atoms. The van der Waals surface area contributed by atoms with Gasteiger partial charge < -0.3 is 19.3 Å². The second-order valence-electron chi connectivity index (χ2n) is 6.22. The Balaban J connectivity index is 1.77. The largest absolute Gasteiger partial charge is 0.508 e. The van der Waals surface area contributed by atoms with Crippen molar-refractivity contribution < 1.29 is 32.5 Å². The van der Waals surface area contributed by atoms with Gasteiger partial charge in [-0.05, 0) is 18.6 Å². The summed E-state index contributed by atoms with van der Waals surface area (Å²) in [6, 6.07) is 7.26. The standard InChI is InChI=1S/C19H17Cl2F3O4/c20-15-10-14(25)11-16(21)17(15)26-9-6-18(27-7-1-8-28-18)12-2-4-13(5-3-12)19(22,23)24/h2-5,10-11,25H,1,6-9H2. The SMILES string of the molecule is Oc1cc(Cl)c(OCCC2(c3ccc(C(F)(F)F)cc3)OCCCO2)c(Cl)c1. The Morgan fingerprint density at radius 1 is 1.04 bits per heavy atom. The predicted octanol–water partition coefficient (Wildman–Crippen LogP) is 5.78. The molecule has 9 heteroatoms. The summed E-state index contributed by atoms with van der Waals surface area (Å²) in [7, 11) is 0. The fraction of sp³-hybridized carbons (Fsp3) is 0.368. The van der Waals surface area contributed by atoms with Crippen LogP contribution in [0, 0.1) is 0 Å². The number of aromatic hydroxyl groups is 1. The van der Waals surface area contributed by atoms with E-state index in [9.17, 15) is 18.3 Å². The van der Waals surface area contributed by atoms with Crippen molar-refractivity contribution in [2.75, 3.05) is 19.8 Å². The molecule has 2 aromatic carbocycles. The van der Waals surface area contributed by atoms with Gasteiger partial charge in [-0.1, -0.05) is 35.3 Å². The third-order valence-corrected chi connectivity index (χ3v) is 4.83. The van der Waals surface area contributed by atoms with E-state index in [1.54, 1.807) is 0 Å². The van der Waals surface area contributed by atoms with Gasteiger partial charge >= 0.3 is 6.18 Å². The van der Waals surface area contributed by atoms with Crippen LogP contribution in [0.4, 0.5) is 13.2 Å². The number of phenolic OH excluding ortho intramolecular Hbond substituents is 1. The first-order valence-corrected chi connectivity index (χ1v) is 9.23. The smallest absolute Gasteiger partial charge is 0.416 e. The number of hydrogen-bond donors (Lipinski definition) is 1. The van der Waals surface area contributed by atoms with E-state index in [1.165, 1.54) is 24.3 Å². The van der Waals surface area contributed by atoms with E-state index in [2.05, 4.69) is 0 Å². The molecule has 152 valence electrons. The maximum atomic E-state index is 12.8. The Hall–Kier alpha value is -1.67. The zero-order valence-electron chi connectivity index (χ0n) is 14.6. The van der Waals surface area contributed by atoms with Gasteiger partial charge in [-0.15, -0.1) is 0 Å². The minimum absolute atomic E-state index is 0.0746. The normalized spacial score (nSPS) is 16.8. The fourth-order valence-corrected chi connectivity index (χ4v) is 3.50. The monoisotopic (exact) mass is 436 g/mol. The number of phenols is 1. The van der Waals surface area contributed by atoms with Crippen LogP contribution in [0.3, 0.4) is 0 Å². The van der Waals surface area contributed by atoms with Gasteiger partial charge in [0.15, 0.2) is 11.5 Å². The van der Waals surface area contributed by atoms with Crippen molar-refractivity contribution in [2.24, 2.45) is 0 Å². The van der Waals surface area contributed by atoms with Crippen molar-refractivity contribution in [1.29, 1.82) is 0 Å². The molecule has 1 aliphatic rings. The van der Waals surface area contributed by atoms with Gasteiger partial charge in [0.1, 0.15) is 5.75 Å². The van der Waals surface area contributed by atoms with Crippen LogP contribution in [0.15, 0.2) is 36.4 Å². The second kappa shape index (κ2) is 8.37. The highest BCUT2D eigenvalue weighted by atomic mass is 35.5. The molecule has 0 aromatic heterocycles. The molecule has 0 amide bonds. The summed E-state index contributed by atoms with van der Waals surface area (Å²) in [5, 5.41) is 9.75. The zero-order valence-corrected chi connectivity index (χ0v) is 16.1. The van der Waals surface area contributed by atoms with Crippen molar-refractivity contribution >= 4 is 23.2 Å². The van der Waals surface area contributed by atoms with Gasteiger partial charge in [0, 0.05) is 24.1 Å². The second-order valence-corrected chi connectivity index (χ2v) is 7.03. The van der Waals surface area contributed by atoms with Crippen molar-refractivity contribution in [1.82, 2.24) is 0 Å². The quantitative estimate of drug-likeness (QED) is 0.645. The molecule has 1 aliphatic heterocycles. The highest BCUT2D eigenvalue weighted by Crippen LogP contribution is 2.39. The van der Waals surface area contributed by atoms with Gasteiger partial charge in [0.05, 0.1) is 35.4 Å². The van der Waals surface area contributed by atoms with Crippen molar-refractivity contribution in [3.63, 3.8) is 0 Å². The summed E-state index contributed by atoms with van der Waals surface area (Å²) < 4.78 is 55.7. The van der Waals surface area contributed by atoms with Crippen LogP contribution >= 0.6 is 23.2 Å². The fourth-order valence-electron chi connectivity index (χ4n) is 2.92. The summed E-state index contributed by atoms with van der Waals surface area (Å²) in [4.78, 5) is 0. The molecule has 1 N–H and O–H groups in total. The highest BCUT2D eigenvalue weighted by molar-refractivity contribution is 6.37. The molecule has 2 aromatic rings. The van der Waals surface area contributed by atoms with Gasteiger partial charge in [-0.25, -0.2) is 0 Å². The molecule has 0 aliphatic carbocycles. The van der Waals surface area contributed by atoms with E-state index in [-0.39, 0.29) is 34.6 Å². The minimum Gasteiger partial charge on any atom is -0.508 e. The van der Waals surface area contributed by atoms with Crippen LogP contribution in [0.2, 0.25) is 10.0 Å². The maximum absolute atomic E-state index is 12.8. The van der Waals surface area contributed by atoms with Crippen LogP contribution in [-0.4, -0.2) is 24.9 Å². The predicted molar refractivity (Wildman–Crippen MR) is 97.9 cm³/mol. The number of rotatable bonds is 5. The summed E-state index contributed by atoms with van der Waals surface area (Å²) in [5.74, 6) is -1.12. The number of halogens is 5. The van der Waals surface area contributed by atoms with E-state index in [4.69, 9.17) is 37.4 Å². The molecule has 1 heterocycles. The molecule has 0 atom stereocenters. The van der Waals surface area contributed by atoms with Gasteiger partial charge in [0.2, 0.25) is 0 Å². The molecule has 4 nitrogen and oxygen atoms in total. The molecule has 28 heavy (non-hydrogen) atoms. The highest BCUT2D eigenvalue weighted by Gasteiger charge is 2.38. The average molecular weight is 437 g/mol. The van der Waals surface area contributed by atoms with Gasteiger partial charge in [0.25, 0.3) is 0 Å². The van der Waals surface area contributed by atoms with Crippen molar-refractivity contribution in [3.8, 4) is 11.5 Å². The Kier molecular flexibility index (Phi) is 6.29. The zero-order chi connectivity index (χ0) is 20.4. The Morgan fingerprint density at radius 2 is 1.61 bits per heavy atom. The molecule has 0 saturated carbocycles. The minimum atomic E-state index is -4.42. The van der Waals surface area contributed by atoms with Crippen LogP contribution in [0.25, 0.3) is 0 Å². The van der Waals surface area contributed by atoms with E-state index in [0.717, 1.165) is 12.1 Å². The third kappa shape index (κ3) is 4.66. The molecular weight excluding hydrogens is 420 g/mol. The summed E-state index contributed by atoms with van der Waals surface area (Å²) in [5.41, 5.74) is -0.284. The number of ether oxygens (including phenoxy) is 3. The lowest BCUT2D eigenvalue weighted by Crippen LogP contribution is -2.39. The first-order chi connectivity index (χ1) is 13.2. The molecular formula is C19H17Cl2F3O4. The summed E-state index contributed by atoms with van der Waals surface area (Å²) >= 11 is 12.1. The first-order valence-electron chi connectivity index (χ1n) is 8.48. The lowest BCUT2D eigenvalue weighted by Gasteiger charge is -2.37. The molecule has 0 unspecified atom stereocenters. The van der Waals surface area contributed by atoms with Crippen molar-refractivity contribution in [3.05, 3.63) is 57.6 Å². The van der Waals surface area contributed by atoms with E-state index < -0.39 is 17.5 Å². The molecule has 3 rings (SSSR count). The molecule has 0 bridgehead atoms. The lowest BCUT2D eigenvalue weighted by molar-refractivity contribution is -0.281. The van der Waals surface area contributed by atoms with Crippen LogP contribution < -0.4 is 4.74 Å². The van der Waals surface area contributed by atoms with Crippen LogP contribution in [0.1, 0.15) is 24.0 Å². The number of benzene rings is 2. The average Bonchev–Trinajstić information content (AvgIpc) is 2.64. The van der Waals surface area contributed by atoms with Gasteiger partial charge in [-0.3, -0.25) is 0 Å². The molecule has 0 radical (unpaired) electrons. The molecule has 1 saturated heterocycles. The maximum Gasteiger partial charge on any atom is 0.416 e. The van der Waals surface area contributed by atoms with Crippen LogP contribution in [0.5, 0.6) is 11.5 Å². The van der Waals surface area contributed by atoms with Crippen LogP contribution in [-0.2, 0) is 21.4 Å². The first kappa shape index (κ1) is 21.0. The number of hydrogen-bond acceptors (Lipinski definition) is 4. The lowest BCUT2D eigenvalue weighted by atomic mass is 9.99. The van der Waals surface area contributed by atoms with E-state index >= 15 is 0 Å². The van der Waals surface area contributed by atoms with E-state index in [1.807, 2.05) is 0 Å². The van der Waals surface area contributed by atoms with Crippen molar-refractivity contribution in [2.45, 2.75) is 24.8 Å². The summed E-state index contributed by atoms with van der Waals surface area (Å²) in [6.07, 6.45) is -3.54. The molecule has 1 fully saturated rings. The third-order valence-electron chi connectivity index (χ3n) is 4.27. The number of alkyl halides is 3. The Morgan fingerprint density at radius 3 is 2.14 bits per heavy atom.